The third kappa shape index (κ3) is 4.74. The van der Waals surface area contributed by atoms with E-state index in [1.54, 1.807) is 6.20 Å². The van der Waals surface area contributed by atoms with Gasteiger partial charge < -0.3 is 15.7 Å². The van der Waals surface area contributed by atoms with E-state index in [9.17, 15) is 5.11 Å². The minimum Gasteiger partial charge on any atom is -0.394 e. The van der Waals surface area contributed by atoms with Gasteiger partial charge in [-0.2, -0.15) is 4.98 Å². The van der Waals surface area contributed by atoms with Gasteiger partial charge in [0.15, 0.2) is 0 Å². The summed E-state index contributed by atoms with van der Waals surface area (Å²) in [5.41, 5.74) is 2.89. The predicted octanol–water partition coefficient (Wildman–Crippen LogP) is 2.94. The summed E-state index contributed by atoms with van der Waals surface area (Å²) in [5.74, 6) is 1.20. The molecule has 0 spiro atoms. The molecule has 0 bridgehead atoms. The molecule has 0 amide bonds. The molecule has 0 aliphatic rings. The molecule has 0 saturated carbocycles. The van der Waals surface area contributed by atoms with E-state index >= 15 is 0 Å². The second kappa shape index (κ2) is 8.21. The zero-order valence-corrected chi connectivity index (χ0v) is 14.1. The number of aromatic nitrogens is 3. The second-order valence-electron chi connectivity index (χ2n) is 5.77. The number of nitrogens with one attached hydrogen (secondary N) is 2. The van der Waals surface area contributed by atoms with E-state index < -0.39 is 0 Å². The number of anilines is 2. The van der Waals surface area contributed by atoms with Crippen molar-refractivity contribution in [3.8, 4) is 11.3 Å². The van der Waals surface area contributed by atoms with Gasteiger partial charge in [0.1, 0.15) is 5.82 Å². The molecule has 6 heteroatoms. The third-order valence-corrected chi connectivity index (χ3v) is 3.64. The number of hydrogen-bond acceptors (Lipinski definition) is 6. The van der Waals surface area contributed by atoms with Crippen molar-refractivity contribution in [2.24, 2.45) is 0 Å². The lowest BCUT2D eigenvalue weighted by atomic mass is 10.1. The molecule has 0 aliphatic heterocycles. The Morgan fingerprint density at radius 3 is 2.64 bits per heavy atom. The largest absolute Gasteiger partial charge is 0.394 e. The maximum atomic E-state index is 9.26. The number of hydrogen-bond donors (Lipinski definition) is 3. The Labute approximate surface area is 147 Å². The molecule has 2 aromatic heterocycles. The molecule has 0 saturated heterocycles. The van der Waals surface area contributed by atoms with Crippen molar-refractivity contribution in [3.63, 3.8) is 0 Å². The molecule has 6 nitrogen and oxygen atoms in total. The Kier molecular flexibility index (Phi) is 5.53. The van der Waals surface area contributed by atoms with Gasteiger partial charge in [-0.1, -0.05) is 36.4 Å². The van der Waals surface area contributed by atoms with Crippen molar-refractivity contribution in [1.29, 1.82) is 0 Å². The summed E-state index contributed by atoms with van der Waals surface area (Å²) in [5, 5.41) is 15.7. The Balaban J connectivity index is 1.86. The van der Waals surface area contributed by atoms with Gasteiger partial charge >= 0.3 is 0 Å². The summed E-state index contributed by atoms with van der Waals surface area (Å²) in [7, 11) is 0. The SMILES string of the molecule is C[C@@H](CO)Nc1nc(NCc2cccnc2)cc(-c2ccccc2)n1. The minimum absolute atomic E-state index is 0.0113. The summed E-state index contributed by atoms with van der Waals surface area (Å²) < 4.78 is 0. The monoisotopic (exact) mass is 335 g/mol. The van der Waals surface area contributed by atoms with Gasteiger partial charge in [-0.3, -0.25) is 4.98 Å². The Morgan fingerprint density at radius 2 is 1.92 bits per heavy atom. The summed E-state index contributed by atoms with van der Waals surface area (Å²) in [6.07, 6.45) is 3.57. The van der Waals surface area contributed by atoms with E-state index in [0.29, 0.717) is 18.3 Å². The van der Waals surface area contributed by atoms with E-state index in [1.807, 2.05) is 61.7 Å². The molecule has 25 heavy (non-hydrogen) atoms. The first kappa shape index (κ1) is 16.9. The fraction of sp³-hybridized carbons (Fsp3) is 0.211. The molecule has 3 rings (SSSR count). The second-order valence-corrected chi connectivity index (χ2v) is 5.77. The fourth-order valence-electron chi connectivity index (χ4n) is 2.32. The van der Waals surface area contributed by atoms with Gasteiger partial charge in [-0.05, 0) is 18.6 Å². The molecule has 0 unspecified atom stereocenters. The molecular weight excluding hydrogens is 314 g/mol. The highest BCUT2D eigenvalue weighted by Crippen LogP contribution is 2.22. The Hall–Kier alpha value is -2.99. The van der Waals surface area contributed by atoms with Crippen LogP contribution in [-0.4, -0.2) is 32.7 Å². The van der Waals surface area contributed by atoms with E-state index in [0.717, 1.165) is 16.8 Å². The Morgan fingerprint density at radius 1 is 1.08 bits per heavy atom. The molecule has 1 atom stereocenters. The maximum absolute atomic E-state index is 9.26. The molecule has 128 valence electrons. The smallest absolute Gasteiger partial charge is 0.225 e. The van der Waals surface area contributed by atoms with Gasteiger partial charge in [0, 0.05) is 36.6 Å². The van der Waals surface area contributed by atoms with Gasteiger partial charge in [-0.25, -0.2) is 4.98 Å². The van der Waals surface area contributed by atoms with Crippen LogP contribution in [0.4, 0.5) is 11.8 Å². The lowest BCUT2D eigenvalue weighted by molar-refractivity contribution is 0.281. The van der Waals surface area contributed by atoms with E-state index in [4.69, 9.17) is 0 Å². The van der Waals surface area contributed by atoms with E-state index in [2.05, 4.69) is 25.6 Å². The topological polar surface area (TPSA) is 83.0 Å². The zero-order chi connectivity index (χ0) is 17.5. The van der Waals surface area contributed by atoms with Crippen molar-refractivity contribution in [2.75, 3.05) is 17.2 Å². The quantitative estimate of drug-likeness (QED) is 0.616. The fourth-order valence-corrected chi connectivity index (χ4v) is 2.32. The molecule has 1 aromatic carbocycles. The molecular formula is C19H21N5O. The van der Waals surface area contributed by atoms with Crippen molar-refractivity contribution < 1.29 is 5.11 Å². The number of aliphatic hydroxyl groups excluding tert-OH is 1. The third-order valence-electron chi connectivity index (χ3n) is 3.64. The molecule has 0 fully saturated rings. The number of benzene rings is 1. The van der Waals surface area contributed by atoms with Crippen molar-refractivity contribution in [2.45, 2.75) is 19.5 Å². The van der Waals surface area contributed by atoms with Gasteiger partial charge in [0.05, 0.1) is 12.3 Å². The molecule has 2 heterocycles. The van der Waals surface area contributed by atoms with Crippen LogP contribution in [0.15, 0.2) is 60.9 Å². The molecule has 0 aliphatic carbocycles. The van der Waals surface area contributed by atoms with Crippen LogP contribution in [0.25, 0.3) is 11.3 Å². The van der Waals surface area contributed by atoms with Crippen molar-refractivity contribution in [3.05, 3.63) is 66.5 Å². The highest BCUT2D eigenvalue weighted by molar-refractivity contribution is 5.64. The van der Waals surface area contributed by atoms with Gasteiger partial charge in [-0.15, -0.1) is 0 Å². The summed E-state index contributed by atoms with van der Waals surface area (Å²) in [4.78, 5) is 13.2. The van der Waals surface area contributed by atoms with Crippen LogP contribution in [0, 0.1) is 0 Å². The van der Waals surface area contributed by atoms with Crippen LogP contribution in [0.2, 0.25) is 0 Å². The summed E-state index contributed by atoms with van der Waals surface area (Å²) in [6, 6.07) is 15.6. The van der Waals surface area contributed by atoms with Crippen LogP contribution in [0.3, 0.4) is 0 Å². The number of nitrogens with zero attached hydrogens (tertiary/aromatic N) is 3. The highest BCUT2D eigenvalue weighted by Gasteiger charge is 2.09. The van der Waals surface area contributed by atoms with Crippen LogP contribution in [0.5, 0.6) is 0 Å². The number of aliphatic hydroxyl groups is 1. The Bertz CT molecular complexity index is 795. The summed E-state index contributed by atoms with van der Waals surface area (Å²) >= 11 is 0. The first-order valence-electron chi connectivity index (χ1n) is 8.19. The van der Waals surface area contributed by atoms with E-state index in [-0.39, 0.29) is 12.6 Å². The molecule has 3 N–H and O–H groups in total. The van der Waals surface area contributed by atoms with Gasteiger partial charge in [0.25, 0.3) is 0 Å². The standard InChI is InChI=1S/C19H21N5O/c1-14(13-25)22-19-23-17(16-7-3-2-4-8-16)10-18(24-19)21-12-15-6-5-9-20-11-15/h2-11,14,25H,12-13H2,1H3,(H2,21,22,23,24)/t14-/m0/s1. The van der Waals surface area contributed by atoms with Gasteiger partial charge in [0.2, 0.25) is 5.95 Å². The lowest BCUT2D eigenvalue weighted by Crippen LogP contribution is -2.21. The first-order valence-corrected chi connectivity index (χ1v) is 8.19. The normalized spacial score (nSPS) is 11.8. The van der Waals surface area contributed by atoms with Crippen LogP contribution >= 0.6 is 0 Å². The zero-order valence-electron chi connectivity index (χ0n) is 14.1. The van der Waals surface area contributed by atoms with Crippen LogP contribution < -0.4 is 10.6 Å². The number of pyridine rings is 1. The van der Waals surface area contributed by atoms with Crippen molar-refractivity contribution >= 4 is 11.8 Å². The predicted molar refractivity (Wildman–Crippen MR) is 99.2 cm³/mol. The molecule has 3 aromatic rings. The first-order chi connectivity index (χ1) is 12.2. The van der Waals surface area contributed by atoms with Crippen LogP contribution in [0.1, 0.15) is 12.5 Å². The highest BCUT2D eigenvalue weighted by atomic mass is 16.3. The lowest BCUT2D eigenvalue weighted by Gasteiger charge is -2.14. The average Bonchev–Trinajstić information content (AvgIpc) is 2.67. The van der Waals surface area contributed by atoms with E-state index in [1.165, 1.54) is 0 Å². The maximum Gasteiger partial charge on any atom is 0.225 e. The number of rotatable bonds is 7. The average molecular weight is 335 g/mol. The molecule has 0 radical (unpaired) electrons. The minimum atomic E-state index is -0.128. The van der Waals surface area contributed by atoms with Crippen LogP contribution in [-0.2, 0) is 6.54 Å². The summed E-state index contributed by atoms with van der Waals surface area (Å²) in [6.45, 7) is 2.51. The van der Waals surface area contributed by atoms with Crippen molar-refractivity contribution in [1.82, 2.24) is 15.0 Å².